The third kappa shape index (κ3) is 5.00. The number of aryl methyl sites for hydroxylation is 2. The second-order valence-electron chi connectivity index (χ2n) is 6.01. The fourth-order valence-electron chi connectivity index (χ4n) is 2.50. The fraction of sp³-hybridized carbons (Fsp3) is 0.350. The van der Waals surface area contributed by atoms with E-state index in [1.54, 1.807) is 6.92 Å². The first-order valence-corrected chi connectivity index (χ1v) is 8.46. The van der Waals surface area contributed by atoms with E-state index in [1.165, 1.54) is 6.07 Å². The van der Waals surface area contributed by atoms with E-state index in [0.717, 1.165) is 29.7 Å². The summed E-state index contributed by atoms with van der Waals surface area (Å²) in [6.07, 6.45) is -3.33. The molecule has 26 heavy (non-hydrogen) atoms. The van der Waals surface area contributed by atoms with Gasteiger partial charge in [0.05, 0.1) is 5.56 Å². The van der Waals surface area contributed by atoms with Gasteiger partial charge >= 0.3 is 6.18 Å². The van der Waals surface area contributed by atoms with Gasteiger partial charge in [0.1, 0.15) is 12.4 Å². The molecule has 0 aromatic heterocycles. The molecule has 6 heteroatoms. The highest BCUT2D eigenvalue weighted by atomic mass is 19.4. The molecule has 0 heterocycles. The molecule has 0 aliphatic heterocycles. The van der Waals surface area contributed by atoms with E-state index in [2.05, 4.69) is 5.32 Å². The van der Waals surface area contributed by atoms with Gasteiger partial charge in [-0.3, -0.25) is 4.79 Å². The maximum atomic E-state index is 13.0. The minimum atomic E-state index is -4.46. The van der Waals surface area contributed by atoms with Crippen molar-refractivity contribution in [3.63, 3.8) is 0 Å². The largest absolute Gasteiger partial charge is 0.489 e. The summed E-state index contributed by atoms with van der Waals surface area (Å²) in [5.74, 6) is 0.335. The summed E-state index contributed by atoms with van der Waals surface area (Å²) in [4.78, 5) is 11.6. The lowest BCUT2D eigenvalue weighted by Crippen LogP contribution is -2.14. The van der Waals surface area contributed by atoms with Gasteiger partial charge in [0, 0.05) is 17.7 Å². The lowest BCUT2D eigenvalue weighted by atomic mass is 10.1. The minimum absolute atomic E-state index is 0.0738. The first-order valence-electron chi connectivity index (χ1n) is 8.46. The molecule has 0 saturated carbocycles. The summed E-state index contributed by atoms with van der Waals surface area (Å²) in [5, 5.41) is 2.62. The number of amides is 1. The molecule has 1 N–H and O–H groups in total. The van der Waals surface area contributed by atoms with E-state index in [0.29, 0.717) is 11.4 Å². The topological polar surface area (TPSA) is 38.3 Å². The molecule has 0 bridgehead atoms. The van der Waals surface area contributed by atoms with Crippen LogP contribution in [0.25, 0.3) is 0 Å². The first-order chi connectivity index (χ1) is 12.2. The van der Waals surface area contributed by atoms with Crippen molar-refractivity contribution in [2.24, 2.45) is 0 Å². The third-order valence-corrected chi connectivity index (χ3v) is 4.06. The Hall–Kier alpha value is -2.50. The molecule has 0 spiro atoms. The van der Waals surface area contributed by atoms with Gasteiger partial charge in [0.25, 0.3) is 0 Å². The zero-order chi connectivity index (χ0) is 19.3. The Morgan fingerprint density at radius 3 is 2.42 bits per heavy atom. The molecule has 2 rings (SSSR count). The Morgan fingerprint density at radius 2 is 1.85 bits per heavy atom. The lowest BCUT2D eigenvalue weighted by molar-refractivity contribution is -0.137. The summed E-state index contributed by atoms with van der Waals surface area (Å²) in [6.45, 7) is 5.53. The maximum Gasteiger partial charge on any atom is 0.416 e. The van der Waals surface area contributed by atoms with Crippen molar-refractivity contribution >= 4 is 11.6 Å². The number of ether oxygens (including phenoxy) is 1. The van der Waals surface area contributed by atoms with Gasteiger partial charge in [-0.2, -0.15) is 13.2 Å². The zero-order valence-electron chi connectivity index (χ0n) is 15.0. The summed E-state index contributed by atoms with van der Waals surface area (Å²) < 4.78 is 44.8. The number of rotatable bonds is 6. The zero-order valence-corrected chi connectivity index (χ0v) is 15.0. The molecular weight excluding hydrogens is 343 g/mol. The molecule has 0 aliphatic rings. The van der Waals surface area contributed by atoms with Crippen molar-refractivity contribution in [3.8, 4) is 5.75 Å². The number of hydrogen-bond donors (Lipinski definition) is 1. The predicted octanol–water partition coefficient (Wildman–Crippen LogP) is 5.50. The van der Waals surface area contributed by atoms with E-state index in [4.69, 9.17) is 4.74 Å². The van der Waals surface area contributed by atoms with Crippen molar-refractivity contribution < 1.29 is 22.7 Å². The highest BCUT2D eigenvalue weighted by molar-refractivity contribution is 5.91. The number of carbonyl (C=O) groups is 1. The summed E-state index contributed by atoms with van der Waals surface area (Å²) in [7, 11) is 0. The summed E-state index contributed by atoms with van der Waals surface area (Å²) in [5.41, 5.74) is 1.90. The molecule has 1 amide bonds. The molecule has 0 aliphatic carbocycles. The predicted molar refractivity (Wildman–Crippen MR) is 95.3 cm³/mol. The number of carbonyl (C=O) groups excluding carboxylic acids is 1. The second kappa shape index (κ2) is 8.25. The van der Waals surface area contributed by atoms with Crippen molar-refractivity contribution in [2.45, 2.75) is 46.4 Å². The molecule has 2 aromatic rings. The van der Waals surface area contributed by atoms with Crippen molar-refractivity contribution in [3.05, 3.63) is 58.7 Å². The maximum absolute atomic E-state index is 13.0. The summed E-state index contributed by atoms with van der Waals surface area (Å²) in [6, 6.07) is 8.96. The summed E-state index contributed by atoms with van der Waals surface area (Å²) >= 11 is 0. The number of anilines is 1. The smallest absolute Gasteiger partial charge is 0.416 e. The van der Waals surface area contributed by atoms with E-state index in [1.807, 2.05) is 32.0 Å². The Morgan fingerprint density at radius 1 is 1.12 bits per heavy atom. The Labute approximate surface area is 151 Å². The van der Waals surface area contributed by atoms with E-state index in [-0.39, 0.29) is 24.5 Å². The van der Waals surface area contributed by atoms with Gasteiger partial charge in [0.15, 0.2) is 0 Å². The average molecular weight is 365 g/mol. The van der Waals surface area contributed by atoms with Gasteiger partial charge < -0.3 is 10.1 Å². The normalized spacial score (nSPS) is 11.3. The molecule has 2 aromatic carbocycles. The van der Waals surface area contributed by atoms with E-state index < -0.39 is 11.7 Å². The van der Waals surface area contributed by atoms with Gasteiger partial charge in [-0.1, -0.05) is 26.0 Å². The van der Waals surface area contributed by atoms with Crippen LogP contribution in [0, 0.1) is 6.92 Å². The SMILES string of the molecule is CCC(=O)Nc1ccc(C(F)(F)F)cc1COc1ccc(CC)cc1C. The Kier molecular flexibility index (Phi) is 6.29. The van der Waals surface area contributed by atoms with Crippen LogP contribution in [0.4, 0.5) is 18.9 Å². The van der Waals surface area contributed by atoms with Gasteiger partial charge in [-0.15, -0.1) is 0 Å². The standard InChI is InChI=1S/C20H22F3NO2/c1-4-14-6-9-18(13(3)10-14)26-12-15-11-16(20(21,22)23)7-8-17(15)24-19(25)5-2/h6-11H,4-5,12H2,1-3H3,(H,24,25). The highest BCUT2D eigenvalue weighted by Crippen LogP contribution is 2.32. The molecule has 0 atom stereocenters. The number of alkyl halides is 3. The van der Waals surface area contributed by atoms with Crippen molar-refractivity contribution in [2.75, 3.05) is 5.32 Å². The van der Waals surface area contributed by atoms with Crippen LogP contribution in [0.1, 0.15) is 42.5 Å². The first kappa shape index (κ1) is 19.8. The van der Waals surface area contributed by atoms with Crippen molar-refractivity contribution in [1.29, 1.82) is 0 Å². The number of hydrogen-bond acceptors (Lipinski definition) is 2. The van der Waals surface area contributed by atoms with Crippen LogP contribution in [0.5, 0.6) is 5.75 Å². The number of nitrogens with one attached hydrogen (secondary N) is 1. The third-order valence-electron chi connectivity index (χ3n) is 4.06. The Bertz CT molecular complexity index is 785. The molecule has 0 saturated heterocycles. The molecule has 0 unspecified atom stereocenters. The van der Waals surface area contributed by atoms with Crippen LogP contribution in [-0.4, -0.2) is 5.91 Å². The monoisotopic (exact) mass is 365 g/mol. The number of halogens is 3. The van der Waals surface area contributed by atoms with Gasteiger partial charge in [-0.05, 0) is 48.7 Å². The van der Waals surface area contributed by atoms with Gasteiger partial charge in [0.2, 0.25) is 5.91 Å². The number of benzene rings is 2. The molecule has 0 radical (unpaired) electrons. The van der Waals surface area contributed by atoms with Crippen LogP contribution < -0.4 is 10.1 Å². The molecular formula is C20H22F3NO2. The van der Waals surface area contributed by atoms with Crippen molar-refractivity contribution in [1.82, 2.24) is 0 Å². The molecule has 3 nitrogen and oxygen atoms in total. The fourth-order valence-corrected chi connectivity index (χ4v) is 2.50. The minimum Gasteiger partial charge on any atom is -0.489 e. The van der Waals surface area contributed by atoms with E-state index >= 15 is 0 Å². The van der Waals surface area contributed by atoms with Crippen LogP contribution in [0.3, 0.4) is 0 Å². The lowest BCUT2D eigenvalue weighted by Gasteiger charge is -2.16. The van der Waals surface area contributed by atoms with Crippen LogP contribution >= 0.6 is 0 Å². The van der Waals surface area contributed by atoms with Crippen LogP contribution in [-0.2, 0) is 24.0 Å². The van der Waals surface area contributed by atoms with Crippen LogP contribution in [0.2, 0.25) is 0 Å². The van der Waals surface area contributed by atoms with E-state index in [9.17, 15) is 18.0 Å². The van der Waals surface area contributed by atoms with Crippen LogP contribution in [0.15, 0.2) is 36.4 Å². The highest BCUT2D eigenvalue weighted by Gasteiger charge is 2.31. The molecule has 140 valence electrons. The second-order valence-corrected chi connectivity index (χ2v) is 6.01. The quantitative estimate of drug-likeness (QED) is 0.734. The average Bonchev–Trinajstić information content (AvgIpc) is 2.60. The molecule has 0 fully saturated rings. The Balaban J connectivity index is 2.28. The van der Waals surface area contributed by atoms with Gasteiger partial charge in [-0.25, -0.2) is 0 Å².